The Hall–Kier alpha value is -7.37. The molecule has 0 aliphatic heterocycles. The molecular formula is C49H30N4O. The fourth-order valence-corrected chi connectivity index (χ4v) is 7.14. The highest BCUT2D eigenvalue weighted by molar-refractivity contribution is 6.21. The maximum absolute atomic E-state index is 9.32. The van der Waals surface area contributed by atoms with Gasteiger partial charge < -0.3 is 8.98 Å². The van der Waals surface area contributed by atoms with Gasteiger partial charge in [0, 0.05) is 43.9 Å². The second-order valence-corrected chi connectivity index (χ2v) is 12.9. The average molecular weight is 701 g/mol. The maximum Gasteiger partial charge on any atom is 0.164 e. The van der Waals surface area contributed by atoms with Crippen molar-refractivity contribution in [2.24, 2.45) is 0 Å². The molecule has 0 saturated carbocycles. The van der Waals surface area contributed by atoms with E-state index in [2.05, 4.69) is 30.3 Å². The molecule has 8 aromatic carbocycles. The molecule has 3 heterocycles. The van der Waals surface area contributed by atoms with Gasteiger partial charge >= 0.3 is 0 Å². The van der Waals surface area contributed by atoms with Gasteiger partial charge in [-0.15, -0.1) is 0 Å². The van der Waals surface area contributed by atoms with Crippen LogP contribution in [-0.4, -0.2) is 19.5 Å². The van der Waals surface area contributed by atoms with E-state index < -0.39 is 60.4 Å². The summed E-state index contributed by atoms with van der Waals surface area (Å²) in [7, 11) is 0. The molecule has 0 radical (unpaired) electrons. The van der Waals surface area contributed by atoms with Crippen LogP contribution in [0.5, 0.6) is 0 Å². The van der Waals surface area contributed by atoms with Crippen molar-refractivity contribution in [1.29, 1.82) is 0 Å². The molecule has 0 saturated heterocycles. The summed E-state index contributed by atoms with van der Waals surface area (Å²) >= 11 is 0. The van der Waals surface area contributed by atoms with Gasteiger partial charge in [-0.3, -0.25) is 0 Å². The highest BCUT2D eigenvalue weighted by atomic mass is 16.3. The Morgan fingerprint density at radius 3 is 1.91 bits per heavy atom. The summed E-state index contributed by atoms with van der Waals surface area (Å²) in [5.74, 6) is 1.14. The second-order valence-electron chi connectivity index (χ2n) is 12.9. The molecule has 252 valence electrons. The summed E-state index contributed by atoms with van der Waals surface area (Å²) in [6, 6.07) is 34.4. The zero-order chi connectivity index (χ0) is 44.3. The Morgan fingerprint density at radius 2 is 1.07 bits per heavy atom. The Morgan fingerprint density at radius 1 is 0.444 bits per heavy atom. The van der Waals surface area contributed by atoms with Crippen molar-refractivity contribution in [3.8, 4) is 51.0 Å². The zero-order valence-electron chi connectivity index (χ0n) is 38.2. The molecule has 0 amide bonds. The first kappa shape index (κ1) is 21.9. The van der Waals surface area contributed by atoms with Crippen molar-refractivity contribution in [3.63, 3.8) is 0 Å². The normalized spacial score (nSPS) is 14.3. The molecular weight excluding hydrogens is 661 g/mol. The van der Waals surface area contributed by atoms with Crippen LogP contribution >= 0.6 is 0 Å². The fourth-order valence-electron chi connectivity index (χ4n) is 7.14. The van der Waals surface area contributed by atoms with E-state index in [0.717, 1.165) is 33.0 Å². The number of rotatable bonds is 5. The fraction of sp³-hybridized carbons (Fsp3) is 0. The van der Waals surface area contributed by atoms with Gasteiger partial charge in [0.2, 0.25) is 0 Å². The minimum atomic E-state index is -0.536. The SMILES string of the molecule is [2H]c1c([2H])c([2H])c2c(oc3c2c([2H])c([2H])c2c4c([2H])c([2H])c([2H])c([2H])c4n(-c4cccc(-c5nc(-c6ccccc6)nc(-c6ccc(-c7ccc8ccccc8c7)cc6)n5)c4)c32)c1[2H]. The van der Waals surface area contributed by atoms with E-state index in [1.807, 2.05) is 72.8 Å². The number of benzene rings is 8. The molecule has 0 aliphatic rings. The molecule has 5 heteroatoms. The third-order valence-corrected chi connectivity index (χ3v) is 9.72. The second kappa shape index (κ2) is 12.1. The minimum absolute atomic E-state index is 0.000150. The van der Waals surface area contributed by atoms with Crippen LogP contribution in [0.1, 0.15) is 13.7 Å². The van der Waals surface area contributed by atoms with Gasteiger partial charge in [0.1, 0.15) is 5.58 Å². The van der Waals surface area contributed by atoms with Crippen LogP contribution in [0.15, 0.2) is 186 Å². The van der Waals surface area contributed by atoms with Crippen LogP contribution in [0.4, 0.5) is 0 Å². The third kappa shape index (κ3) is 4.90. The molecule has 0 atom stereocenters. The summed E-state index contributed by atoms with van der Waals surface area (Å²) < 4.78 is 96.0. The lowest BCUT2D eigenvalue weighted by molar-refractivity contribution is 0.671. The molecule has 5 nitrogen and oxygen atoms in total. The van der Waals surface area contributed by atoms with Crippen LogP contribution in [0.3, 0.4) is 0 Å². The van der Waals surface area contributed by atoms with Gasteiger partial charge in [-0.1, -0.05) is 145 Å². The van der Waals surface area contributed by atoms with E-state index in [1.165, 1.54) is 4.57 Å². The van der Waals surface area contributed by atoms with Crippen LogP contribution in [0, 0.1) is 0 Å². The largest absolute Gasteiger partial charge is 0.454 e. The number of fused-ring (bicyclic) bond motifs is 8. The van der Waals surface area contributed by atoms with Crippen molar-refractivity contribution in [2.75, 3.05) is 0 Å². The predicted molar refractivity (Wildman–Crippen MR) is 221 cm³/mol. The number of aromatic nitrogens is 4. The first-order valence-corrected chi connectivity index (χ1v) is 17.3. The van der Waals surface area contributed by atoms with E-state index in [-0.39, 0.29) is 43.7 Å². The van der Waals surface area contributed by atoms with Crippen molar-refractivity contribution in [2.45, 2.75) is 0 Å². The van der Waals surface area contributed by atoms with E-state index >= 15 is 0 Å². The Bertz CT molecular complexity index is 3790. The summed E-state index contributed by atoms with van der Waals surface area (Å²) in [5.41, 5.74) is 4.28. The Labute approximate surface area is 324 Å². The summed E-state index contributed by atoms with van der Waals surface area (Å²) in [6.07, 6.45) is 0. The van der Waals surface area contributed by atoms with Crippen molar-refractivity contribution in [1.82, 2.24) is 19.5 Å². The third-order valence-electron chi connectivity index (χ3n) is 9.72. The molecule has 0 N–H and O–H groups in total. The molecule has 0 unspecified atom stereocenters. The van der Waals surface area contributed by atoms with Crippen molar-refractivity contribution >= 4 is 54.5 Å². The van der Waals surface area contributed by atoms with E-state index in [0.29, 0.717) is 28.7 Å². The molecule has 11 rings (SSSR count). The molecule has 0 bridgehead atoms. The molecule has 11 aromatic rings. The lowest BCUT2D eigenvalue weighted by Gasteiger charge is -2.12. The summed E-state index contributed by atoms with van der Waals surface area (Å²) in [6.45, 7) is 0. The van der Waals surface area contributed by atoms with Crippen LogP contribution in [0.25, 0.3) is 105 Å². The predicted octanol–water partition coefficient (Wildman–Crippen LogP) is 12.7. The zero-order valence-corrected chi connectivity index (χ0v) is 28.2. The molecule has 0 spiro atoms. The number of furan rings is 1. The maximum atomic E-state index is 9.32. The number of hydrogen-bond donors (Lipinski definition) is 0. The number of para-hydroxylation sites is 2. The molecule has 54 heavy (non-hydrogen) atoms. The van der Waals surface area contributed by atoms with Crippen molar-refractivity contribution in [3.05, 3.63) is 182 Å². The quantitative estimate of drug-likeness (QED) is 0.179. The van der Waals surface area contributed by atoms with Crippen LogP contribution < -0.4 is 0 Å². The lowest BCUT2D eigenvalue weighted by Crippen LogP contribution is -2.01. The first-order chi connectivity index (χ1) is 30.9. The topological polar surface area (TPSA) is 56.7 Å². The van der Waals surface area contributed by atoms with Gasteiger partial charge in [-0.2, -0.15) is 0 Å². The Kier molecular flexibility index (Phi) is 4.90. The minimum Gasteiger partial charge on any atom is -0.454 e. The average Bonchev–Trinajstić information content (AvgIpc) is 3.91. The summed E-state index contributed by atoms with van der Waals surface area (Å²) in [5, 5.41) is 2.15. The molecule has 0 fully saturated rings. The van der Waals surface area contributed by atoms with E-state index in [4.69, 9.17) is 30.3 Å². The number of nitrogens with zero attached hydrogens (tertiary/aromatic N) is 4. The smallest absolute Gasteiger partial charge is 0.164 e. The van der Waals surface area contributed by atoms with Gasteiger partial charge in [0.25, 0.3) is 0 Å². The summed E-state index contributed by atoms with van der Waals surface area (Å²) in [4.78, 5) is 14.8. The van der Waals surface area contributed by atoms with Crippen LogP contribution in [0.2, 0.25) is 0 Å². The monoisotopic (exact) mass is 700 g/mol. The lowest BCUT2D eigenvalue weighted by atomic mass is 10.00. The Balaban J connectivity index is 1.15. The van der Waals surface area contributed by atoms with Gasteiger partial charge in [-0.05, 0) is 58.2 Å². The number of hydrogen-bond acceptors (Lipinski definition) is 4. The van der Waals surface area contributed by atoms with E-state index in [9.17, 15) is 2.74 Å². The first-order valence-electron chi connectivity index (χ1n) is 22.3. The molecule has 0 aliphatic carbocycles. The highest BCUT2D eigenvalue weighted by Gasteiger charge is 2.20. The highest BCUT2D eigenvalue weighted by Crippen LogP contribution is 2.40. The molecule has 3 aromatic heterocycles. The van der Waals surface area contributed by atoms with Gasteiger partial charge in [0.05, 0.1) is 24.7 Å². The van der Waals surface area contributed by atoms with Gasteiger partial charge in [0.15, 0.2) is 23.1 Å². The van der Waals surface area contributed by atoms with Gasteiger partial charge in [-0.25, -0.2) is 15.0 Å². The van der Waals surface area contributed by atoms with Crippen molar-refractivity contribution < 1.29 is 18.1 Å². The standard InChI is InChI=1S/C49H30N4O/c1-2-12-33(13-3-1)47-50-48(34-24-21-32(22-25-34)36-26-23-31-11-4-5-14-35(31)29-36)52-49(51-47)37-15-10-16-38(30-37)53-43-19-8-6-17-39(43)41-27-28-42-40-18-7-9-20-44(40)54-46(42)45(41)53/h1-30H/i6D,7D,8D,9D,17D,18D,19D,20D,27D,28D. The van der Waals surface area contributed by atoms with E-state index in [1.54, 1.807) is 18.2 Å². The van der Waals surface area contributed by atoms with Crippen LogP contribution in [-0.2, 0) is 0 Å².